The predicted molar refractivity (Wildman–Crippen MR) is 139 cm³/mol. The van der Waals surface area contributed by atoms with Crippen molar-refractivity contribution >= 4 is 17.7 Å². The van der Waals surface area contributed by atoms with Gasteiger partial charge >= 0.3 is 0 Å². The van der Waals surface area contributed by atoms with Crippen LogP contribution >= 0.6 is 0 Å². The molecule has 0 saturated heterocycles. The van der Waals surface area contributed by atoms with E-state index in [4.69, 9.17) is 4.74 Å². The van der Waals surface area contributed by atoms with E-state index in [1.807, 2.05) is 38.1 Å². The highest BCUT2D eigenvalue weighted by molar-refractivity contribution is 6.07. The molecular formula is C28H32FN5O4. The lowest BCUT2D eigenvalue weighted by molar-refractivity contribution is -0.133. The summed E-state index contributed by atoms with van der Waals surface area (Å²) >= 11 is 0. The summed E-state index contributed by atoms with van der Waals surface area (Å²) in [5.74, 6) is -0.851. The lowest BCUT2D eigenvalue weighted by atomic mass is 9.94. The van der Waals surface area contributed by atoms with Crippen LogP contribution in [0.1, 0.15) is 59.3 Å². The zero-order chi connectivity index (χ0) is 27.3. The third-order valence-corrected chi connectivity index (χ3v) is 6.56. The Bertz CT molecular complexity index is 1310. The molecule has 0 bridgehead atoms. The van der Waals surface area contributed by atoms with E-state index in [-0.39, 0.29) is 42.7 Å². The van der Waals surface area contributed by atoms with E-state index in [2.05, 4.69) is 15.6 Å². The van der Waals surface area contributed by atoms with Gasteiger partial charge in [-0.1, -0.05) is 31.2 Å². The quantitative estimate of drug-likeness (QED) is 0.426. The maximum Gasteiger partial charge on any atom is 0.273 e. The Morgan fingerprint density at radius 3 is 2.29 bits per heavy atom. The van der Waals surface area contributed by atoms with Crippen molar-refractivity contribution in [3.8, 4) is 5.75 Å². The van der Waals surface area contributed by atoms with Gasteiger partial charge in [-0.3, -0.25) is 14.4 Å². The van der Waals surface area contributed by atoms with E-state index in [1.165, 1.54) is 23.4 Å². The molecule has 2 heterocycles. The van der Waals surface area contributed by atoms with E-state index < -0.39 is 17.4 Å². The second-order valence-electron chi connectivity index (χ2n) is 9.37. The van der Waals surface area contributed by atoms with Crippen molar-refractivity contribution in [3.05, 3.63) is 83.2 Å². The van der Waals surface area contributed by atoms with Crippen LogP contribution in [0.3, 0.4) is 0 Å². The molecule has 2 N–H and O–H groups in total. The topological polar surface area (TPSA) is 106 Å². The van der Waals surface area contributed by atoms with Crippen LogP contribution in [0.15, 0.2) is 54.9 Å². The van der Waals surface area contributed by atoms with Crippen molar-refractivity contribution in [2.24, 2.45) is 0 Å². The third-order valence-electron chi connectivity index (χ3n) is 6.56. The number of halogens is 1. The lowest BCUT2D eigenvalue weighted by Crippen LogP contribution is -2.64. The summed E-state index contributed by atoms with van der Waals surface area (Å²) in [7, 11) is 0. The first-order chi connectivity index (χ1) is 18.3. The molecule has 0 fully saturated rings. The number of hydrogen-bond donors (Lipinski definition) is 2. The number of imidazole rings is 1. The normalized spacial score (nSPS) is 16.6. The summed E-state index contributed by atoms with van der Waals surface area (Å²) in [6.45, 7) is 7.02. The molecule has 3 aromatic rings. The number of hydrogen-bond acceptors (Lipinski definition) is 5. The Balaban J connectivity index is 1.50. The second kappa shape index (κ2) is 11.5. The molecule has 1 aliphatic heterocycles. The molecule has 0 aliphatic carbocycles. The molecule has 1 aromatic heterocycles. The molecule has 2 aromatic carbocycles. The zero-order valence-corrected chi connectivity index (χ0v) is 21.8. The number of nitrogens with one attached hydrogen (secondary N) is 2. The van der Waals surface area contributed by atoms with Crippen LogP contribution in [0, 0.1) is 5.82 Å². The highest BCUT2D eigenvalue weighted by Crippen LogP contribution is 2.29. The average Bonchev–Trinajstić information content (AvgIpc) is 3.34. The number of carbonyl (C=O) groups is 3. The van der Waals surface area contributed by atoms with Gasteiger partial charge in [0.25, 0.3) is 11.8 Å². The molecule has 9 nitrogen and oxygen atoms in total. The molecule has 1 aliphatic rings. The molecule has 4 rings (SSSR count). The highest BCUT2D eigenvalue weighted by Gasteiger charge is 2.48. The molecule has 0 radical (unpaired) electrons. The van der Waals surface area contributed by atoms with Gasteiger partial charge in [0.1, 0.15) is 22.8 Å². The van der Waals surface area contributed by atoms with Crippen molar-refractivity contribution in [1.29, 1.82) is 0 Å². The third kappa shape index (κ3) is 5.53. The first-order valence-corrected chi connectivity index (χ1v) is 12.7. The zero-order valence-electron chi connectivity index (χ0n) is 21.8. The van der Waals surface area contributed by atoms with Gasteiger partial charge in [-0.2, -0.15) is 0 Å². The lowest BCUT2D eigenvalue weighted by Gasteiger charge is -2.43. The summed E-state index contributed by atoms with van der Waals surface area (Å²) < 4.78 is 20.2. The predicted octanol–water partition coefficient (Wildman–Crippen LogP) is 3.29. The monoisotopic (exact) mass is 521 g/mol. The van der Waals surface area contributed by atoms with Gasteiger partial charge in [0.05, 0.1) is 19.5 Å². The standard InChI is InChI=1S/C28H32FN5O4/c1-4-14-34-26(36)24-23(25(35)30-15-20-8-12-22(13-9-20)38-5-2)32-18-33(24)17-28(34,3)27(37)31-16-19-6-10-21(29)11-7-19/h6-13,18H,4-5,14-17H2,1-3H3,(H,30,35)(H,31,37)/t28-/m0/s1. The van der Waals surface area contributed by atoms with E-state index in [1.54, 1.807) is 23.6 Å². The van der Waals surface area contributed by atoms with Crippen molar-refractivity contribution < 1.29 is 23.5 Å². The maximum absolute atomic E-state index is 13.6. The van der Waals surface area contributed by atoms with Gasteiger partial charge in [0.2, 0.25) is 5.91 Å². The fourth-order valence-electron chi connectivity index (χ4n) is 4.54. The minimum absolute atomic E-state index is 0.0239. The molecule has 0 spiro atoms. The summed E-state index contributed by atoms with van der Waals surface area (Å²) in [4.78, 5) is 45.8. The number of rotatable bonds is 10. The Labute approximate surface area is 221 Å². The largest absolute Gasteiger partial charge is 0.494 e. The summed E-state index contributed by atoms with van der Waals surface area (Å²) in [5, 5.41) is 5.69. The van der Waals surface area contributed by atoms with Gasteiger partial charge in [0, 0.05) is 19.6 Å². The first kappa shape index (κ1) is 26.8. The fourth-order valence-corrected chi connectivity index (χ4v) is 4.54. The summed E-state index contributed by atoms with van der Waals surface area (Å²) in [6, 6.07) is 13.2. The molecule has 3 amide bonds. The summed E-state index contributed by atoms with van der Waals surface area (Å²) in [5.41, 5.74) is 0.598. The van der Waals surface area contributed by atoms with Gasteiger partial charge < -0.3 is 24.8 Å². The van der Waals surface area contributed by atoms with Gasteiger partial charge in [-0.25, -0.2) is 9.37 Å². The number of fused-ring (bicyclic) bond motifs is 1. The Hall–Kier alpha value is -4.21. The van der Waals surface area contributed by atoms with Crippen LogP contribution in [0.25, 0.3) is 0 Å². The Morgan fingerprint density at radius 2 is 1.66 bits per heavy atom. The number of ether oxygens (including phenoxy) is 1. The van der Waals surface area contributed by atoms with Crippen LogP contribution in [0.4, 0.5) is 4.39 Å². The van der Waals surface area contributed by atoms with Crippen LogP contribution < -0.4 is 15.4 Å². The van der Waals surface area contributed by atoms with E-state index >= 15 is 0 Å². The van der Waals surface area contributed by atoms with Crippen molar-refractivity contribution in [2.45, 2.75) is 52.4 Å². The van der Waals surface area contributed by atoms with E-state index in [0.717, 1.165) is 16.9 Å². The van der Waals surface area contributed by atoms with Gasteiger partial charge in [0.15, 0.2) is 5.69 Å². The minimum Gasteiger partial charge on any atom is -0.494 e. The number of amides is 3. The number of carbonyl (C=O) groups excluding carboxylic acids is 3. The fraction of sp³-hybridized carbons (Fsp3) is 0.357. The van der Waals surface area contributed by atoms with Crippen molar-refractivity contribution in [1.82, 2.24) is 25.1 Å². The van der Waals surface area contributed by atoms with Gasteiger partial charge in [-0.15, -0.1) is 0 Å². The molecule has 38 heavy (non-hydrogen) atoms. The molecule has 10 heteroatoms. The second-order valence-corrected chi connectivity index (χ2v) is 9.37. The SMILES string of the molecule is CCCN1C(=O)c2c(C(=O)NCc3ccc(OCC)cc3)ncn2C[C@@]1(C)C(=O)NCc1ccc(F)cc1. The van der Waals surface area contributed by atoms with Crippen molar-refractivity contribution in [3.63, 3.8) is 0 Å². The first-order valence-electron chi connectivity index (χ1n) is 12.7. The number of nitrogens with zero attached hydrogens (tertiary/aromatic N) is 3. The average molecular weight is 522 g/mol. The Kier molecular flexibility index (Phi) is 8.09. The van der Waals surface area contributed by atoms with Crippen LogP contribution in [-0.4, -0.2) is 50.9 Å². The Morgan fingerprint density at radius 1 is 1.03 bits per heavy atom. The van der Waals surface area contributed by atoms with Crippen molar-refractivity contribution in [2.75, 3.05) is 13.2 Å². The number of aromatic nitrogens is 2. The minimum atomic E-state index is -1.20. The van der Waals surface area contributed by atoms with Crippen LogP contribution in [0.5, 0.6) is 5.75 Å². The van der Waals surface area contributed by atoms with E-state index in [0.29, 0.717) is 19.6 Å². The molecule has 1 atom stereocenters. The van der Waals surface area contributed by atoms with Gasteiger partial charge in [-0.05, 0) is 55.7 Å². The van der Waals surface area contributed by atoms with E-state index in [9.17, 15) is 18.8 Å². The summed E-state index contributed by atoms with van der Waals surface area (Å²) in [6.07, 6.45) is 2.05. The molecule has 0 saturated carbocycles. The molecule has 200 valence electrons. The number of benzene rings is 2. The van der Waals surface area contributed by atoms with Crippen LogP contribution in [-0.2, 0) is 24.4 Å². The maximum atomic E-state index is 13.6. The van der Waals surface area contributed by atoms with Crippen LogP contribution in [0.2, 0.25) is 0 Å². The molecule has 0 unspecified atom stereocenters. The molecular weight excluding hydrogens is 489 g/mol. The smallest absolute Gasteiger partial charge is 0.273 e. The highest BCUT2D eigenvalue weighted by atomic mass is 19.1.